The Balaban J connectivity index is 2.01. The quantitative estimate of drug-likeness (QED) is 0.746. The fraction of sp³-hybridized carbons (Fsp3) is 0.333. The van der Waals surface area contributed by atoms with E-state index < -0.39 is 5.41 Å². The Morgan fingerprint density at radius 3 is 2.19 bits per heavy atom. The van der Waals surface area contributed by atoms with Gasteiger partial charge in [0.25, 0.3) is 0 Å². The monoisotopic (exact) mass is 372 g/mol. The van der Waals surface area contributed by atoms with Crippen molar-refractivity contribution >= 4 is 23.4 Å². The van der Waals surface area contributed by atoms with Crippen molar-refractivity contribution < 1.29 is 9.59 Å². The highest BCUT2D eigenvalue weighted by atomic mass is 35.5. The Bertz CT molecular complexity index is 742. The maximum Gasteiger partial charge on any atom is 0.237 e. The van der Waals surface area contributed by atoms with Gasteiger partial charge in [0.05, 0.1) is 0 Å². The van der Waals surface area contributed by atoms with Gasteiger partial charge < -0.3 is 10.2 Å². The molecule has 1 N–H and O–H groups in total. The van der Waals surface area contributed by atoms with Gasteiger partial charge in [-0.05, 0) is 44.0 Å². The zero-order valence-corrected chi connectivity index (χ0v) is 16.2. The summed E-state index contributed by atoms with van der Waals surface area (Å²) in [5.41, 5.74) is 0.833. The number of benzene rings is 2. The highest BCUT2D eigenvalue weighted by Gasteiger charge is 2.38. The van der Waals surface area contributed by atoms with Gasteiger partial charge in [-0.2, -0.15) is 0 Å². The number of nitrogens with zero attached hydrogens (tertiary/aromatic N) is 1. The van der Waals surface area contributed by atoms with Gasteiger partial charge >= 0.3 is 0 Å². The molecule has 0 aliphatic rings. The fourth-order valence-electron chi connectivity index (χ4n) is 2.63. The van der Waals surface area contributed by atoms with E-state index in [4.69, 9.17) is 11.6 Å². The van der Waals surface area contributed by atoms with Gasteiger partial charge in [-0.3, -0.25) is 9.59 Å². The predicted molar refractivity (Wildman–Crippen MR) is 105 cm³/mol. The molecule has 138 valence electrons. The van der Waals surface area contributed by atoms with Crippen LogP contribution in [0.2, 0.25) is 5.02 Å². The summed E-state index contributed by atoms with van der Waals surface area (Å²) >= 11 is 5.87. The minimum atomic E-state index is -1.14. The van der Waals surface area contributed by atoms with Crippen LogP contribution in [0.4, 0.5) is 0 Å². The summed E-state index contributed by atoms with van der Waals surface area (Å²) in [5, 5.41) is 3.50. The standard InChI is InChI=1S/C21H25ClN2O2/c1-4-24(15-17-8-6-5-7-9-17)20(26)21(2,3)19(25)23-14-16-10-12-18(22)13-11-16/h5-13H,4,14-15H2,1-3H3,(H,23,25). The van der Waals surface area contributed by atoms with Crippen molar-refractivity contribution in [3.63, 3.8) is 0 Å². The summed E-state index contributed by atoms with van der Waals surface area (Å²) in [4.78, 5) is 27.3. The number of nitrogens with one attached hydrogen (secondary N) is 1. The van der Waals surface area contributed by atoms with E-state index in [1.54, 1.807) is 30.9 Å². The molecule has 0 bridgehead atoms. The molecule has 0 aliphatic carbocycles. The third-order valence-electron chi connectivity index (χ3n) is 4.35. The van der Waals surface area contributed by atoms with Crippen LogP contribution in [0, 0.1) is 5.41 Å². The predicted octanol–water partition coefficient (Wildman–Crippen LogP) is 4.03. The molecule has 26 heavy (non-hydrogen) atoms. The first kappa shape index (κ1) is 20.0. The molecule has 0 aliphatic heterocycles. The number of halogens is 1. The number of carbonyl (C=O) groups excluding carboxylic acids is 2. The topological polar surface area (TPSA) is 49.4 Å². The number of hydrogen-bond acceptors (Lipinski definition) is 2. The van der Waals surface area contributed by atoms with Gasteiger partial charge in [0.15, 0.2) is 0 Å². The molecule has 4 nitrogen and oxygen atoms in total. The van der Waals surface area contributed by atoms with Crippen LogP contribution in [0.5, 0.6) is 0 Å². The van der Waals surface area contributed by atoms with Crippen LogP contribution in [-0.2, 0) is 22.7 Å². The number of hydrogen-bond donors (Lipinski definition) is 1. The summed E-state index contributed by atoms with van der Waals surface area (Å²) < 4.78 is 0. The molecule has 2 aromatic carbocycles. The molecule has 0 radical (unpaired) electrons. The third kappa shape index (κ3) is 5.09. The lowest BCUT2D eigenvalue weighted by atomic mass is 9.90. The molecule has 0 unspecified atom stereocenters. The van der Waals surface area contributed by atoms with Crippen molar-refractivity contribution in [1.82, 2.24) is 10.2 Å². The molecule has 0 saturated heterocycles. The molecule has 0 saturated carbocycles. The average Bonchev–Trinajstić information content (AvgIpc) is 2.65. The summed E-state index contributed by atoms with van der Waals surface area (Å²) in [7, 11) is 0. The van der Waals surface area contributed by atoms with E-state index in [-0.39, 0.29) is 11.8 Å². The third-order valence-corrected chi connectivity index (χ3v) is 4.61. The Kier molecular flexibility index (Phi) is 6.81. The fourth-order valence-corrected chi connectivity index (χ4v) is 2.75. The van der Waals surface area contributed by atoms with Crippen LogP contribution in [0.25, 0.3) is 0 Å². The molecular formula is C21H25ClN2O2. The van der Waals surface area contributed by atoms with Crippen LogP contribution in [0.15, 0.2) is 54.6 Å². The molecule has 2 amide bonds. The Hall–Kier alpha value is -2.33. The van der Waals surface area contributed by atoms with Crippen molar-refractivity contribution in [1.29, 1.82) is 0 Å². The van der Waals surface area contributed by atoms with E-state index in [0.29, 0.717) is 24.7 Å². The molecule has 2 aromatic rings. The Morgan fingerprint density at radius 1 is 1.00 bits per heavy atom. The van der Waals surface area contributed by atoms with Crippen LogP contribution in [-0.4, -0.2) is 23.3 Å². The Morgan fingerprint density at radius 2 is 1.62 bits per heavy atom. The van der Waals surface area contributed by atoms with Crippen LogP contribution >= 0.6 is 11.6 Å². The molecule has 0 spiro atoms. The molecule has 2 rings (SSSR count). The minimum absolute atomic E-state index is 0.183. The maximum atomic E-state index is 12.9. The normalized spacial score (nSPS) is 11.1. The van der Waals surface area contributed by atoms with E-state index in [0.717, 1.165) is 11.1 Å². The highest BCUT2D eigenvalue weighted by Crippen LogP contribution is 2.21. The zero-order chi connectivity index (χ0) is 19.2. The van der Waals surface area contributed by atoms with Gasteiger partial charge in [0.2, 0.25) is 11.8 Å². The van der Waals surface area contributed by atoms with Crippen molar-refractivity contribution in [2.45, 2.75) is 33.9 Å². The lowest BCUT2D eigenvalue weighted by Gasteiger charge is -2.30. The molecule has 0 aromatic heterocycles. The molecule has 5 heteroatoms. The molecule has 0 heterocycles. The summed E-state index contributed by atoms with van der Waals surface area (Å²) in [5.74, 6) is -0.471. The first-order chi connectivity index (χ1) is 12.3. The van der Waals surface area contributed by atoms with E-state index >= 15 is 0 Å². The maximum absolute atomic E-state index is 12.9. The lowest BCUT2D eigenvalue weighted by Crippen LogP contribution is -2.49. The number of rotatable bonds is 7. The molecular weight excluding hydrogens is 348 g/mol. The van der Waals surface area contributed by atoms with E-state index in [2.05, 4.69) is 5.32 Å². The first-order valence-corrected chi connectivity index (χ1v) is 9.08. The van der Waals surface area contributed by atoms with Gasteiger partial charge in [0.1, 0.15) is 5.41 Å². The first-order valence-electron chi connectivity index (χ1n) is 8.70. The van der Waals surface area contributed by atoms with Gasteiger partial charge in [0, 0.05) is 24.7 Å². The van der Waals surface area contributed by atoms with E-state index in [9.17, 15) is 9.59 Å². The zero-order valence-electron chi connectivity index (χ0n) is 15.5. The SMILES string of the molecule is CCN(Cc1ccccc1)C(=O)C(C)(C)C(=O)NCc1ccc(Cl)cc1. The number of amides is 2. The van der Waals surface area contributed by atoms with Crippen molar-refractivity contribution in [3.05, 3.63) is 70.7 Å². The van der Waals surface area contributed by atoms with Crippen LogP contribution in [0.3, 0.4) is 0 Å². The lowest BCUT2D eigenvalue weighted by molar-refractivity contribution is -0.149. The van der Waals surface area contributed by atoms with Crippen LogP contribution in [0.1, 0.15) is 31.9 Å². The molecule has 0 fully saturated rings. The second kappa shape index (κ2) is 8.86. The van der Waals surface area contributed by atoms with Crippen molar-refractivity contribution in [2.24, 2.45) is 5.41 Å². The van der Waals surface area contributed by atoms with E-state index in [1.807, 2.05) is 49.4 Å². The largest absolute Gasteiger partial charge is 0.351 e. The minimum Gasteiger partial charge on any atom is -0.351 e. The van der Waals surface area contributed by atoms with E-state index in [1.165, 1.54) is 0 Å². The van der Waals surface area contributed by atoms with Gasteiger partial charge in [-0.15, -0.1) is 0 Å². The van der Waals surface area contributed by atoms with Crippen molar-refractivity contribution in [3.8, 4) is 0 Å². The summed E-state index contributed by atoms with van der Waals surface area (Å²) in [6.45, 7) is 6.64. The van der Waals surface area contributed by atoms with Crippen LogP contribution < -0.4 is 5.32 Å². The Labute approximate surface area is 160 Å². The summed E-state index contributed by atoms with van der Waals surface area (Å²) in [6, 6.07) is 17.0. The smallest absolute Gasteiger partial charge is 0.237 e. The second-order valence-electron chi connectivity index (χ2n) is 6.74. The van der Waals surface area contributed by atoms with Gasteiger partial charge in [-0.25, -0.2) is 0 Å². The van der Waals surface area contributed by atoms with Gasteiger partial charge in [-0.1, -0.05) is 54.1 Å². The molecule has 0 atom stereocenters. The second-order valence-corrected chi connectivity index (χ2v) is 7.18. The highest BCUT2D eigenvalue weighted by molar-refractivity contribution is 6.30. The average molecular weight is 373 g/mol. The van der Waals surface area contributed by atoms with Crippen molar-refractivity contribution in [2.75, 3.05) is 6.54 Å². The number of carbonyl (C=O) groups is 2. The summed E-state index contributed by atoms with van der Waals surface area (Å²) in [6.07, 6.45) is 0.